The third-order valence-electron chi connectivity index (χ3n) is 2.85. The molecule has 102 valence electrons. The Morgan fingerprint density at radius 3 is 2.05 bits per heavy atom. The minimum Gasteiger partial charge on any atom is -0.293 e. The predicted octanol–water partition coefficient (Wildman–Crippen LogP) is 5.13. The second-order valence-electron chi connectivity index (χ2n) is 3.82. The summed E-state index contributed by atoms with van der Waals surface area (Å²) in [4.78, 5) is 12.9. The smallest absolute Gasteiger partial charge is 0.177 e. The molecule has 1 aromatic heterocycles. The van der Waals surface area contributed by atoms with Crippen molar-refractivity contribution in [3.63, 3.8) is 0 Å². The van der Waals surface area contributed by atoms with Crippen LogP contribution in [0.3, 0.4) is 0 Å². The summed E-state index contributed by atoms with van der Waals surface area (Å²) in [5, 5.41) is 2.01. The molecular weight excluding hydrogens is 252 g/mol. The molecule has 3 rings (SSSR count). The van der Waals surface area contributed by atoms with Crippen LogP contribution in [0.4, 0.5) is 0 Å². The molecule has 1 nitrogen and oxygen atoms in total. The van der Waals surface area contributed by atoms with Gasteiger partial charge in [0.25, 0.3) is 0 Å². The average Bonchev–Trinajstić information content (AvgIpc) is 2.89. The summed E-state index contributed by atoms with van der Waals surface area (Å²) < 4.78 is 0. The SMILES string of the molecule is CC.CC.O=C1Cc2ccccc2Cc2ccsc21. The molecule has 0 spiro atoms. The third kappa shape index (κ3) is 3.54. The molecule has 1 aliphatic carbocycles. The van der Waals surface area contributed by atoms with E-state index in [4.69, 9.17) is 0 Å². The molecule has 0 amide bonds. The summed E-state index contributed by atoms with van der Waals surface area (Å²) in [6, 6.07) is 10.3. The van der Waals surface area contributed by atoms with Crippen molar-refractivity contribution in [1.82, 2.24) is 0 Å². The second-order valence-corrected chi connectivity index (χ2v) is 4.74. The van der Waals surface area contributed by atoms with E-state index in [1.54, 1.807) is 11.3 Å². The molecule has 0 radical (unpaired) electrons. The Hall–Kier alpha value is -1.41. The van der Waals surface area contributed by atoms with Gasteiger partial charge in [-0.2, -0.15) is 0 Å². The molecule has 1 heterocycles. The number of carbonyl (C=O) groups is 1. The lowest BCUT2D eigenvalue weighted by molar-refractivity contribution is 0.0997. The van der Waals surface area contributed by atoms with Gasteiger partial charge in [-0.05, 0) is 34.6 Å². The van der Waals surface area contributed by atoms with E-state index in [9.17, 15) is 4.79 Å². The lowest BCUT2D eigenvalue weighted by Crippen LogP contribution is -2.00. The highest BCUT2D eigenvalue weighted by molar-refractivity contribution is 7.12. The first kappa shape index (κ1) is 15.6. The lowest BCUT2D eigenvalue weighted by atomic mass is 10.0. The molecular formula is C17H22OS. The van der Waals surface area contributed by atoms with E-state index < -0.39 is 0 Å². The maximum absolute atomic E-state index is 11.9. The van der Waals surface area contributed by atoms with E-state index in [0.29, 0.717) is 6.42 Å². The van der Waals surface area contributed by atoms with Gasteiger partial charge < -0.3 is 0 Å². The van der Waals surface area contributed by atoms with E-state index >= 15 is 0 Å². The minimum absolute atomic E-state index is 0.268. The summed E-state index contributed by atoms with van der Waals surface area (Å²) in [6.45, 7) is 8.00. The van der Waals surface area contributed by atoms with Crippen LogP contribution in [-0.4, -0.2) is 5.78 Å². The predicted molar refractivity (Wildman–Crippen MR) is 84.3 cm³/mol. The zero-order valence-corrected chi connectivity index (χ0v) is 13.0. The molecule has 19 heavy (non-hydrogen) atoms. The summed E-state index contributed by atoms with van der Waals surface area (Å²) in [5.41, 5.74) is 3.67. The van der Waals surface area contributed by atoms with Gasteiger partial charge in [-0.15, -0.1) is 11.3 Å². The zero-order valence-electron chi connectivity index (χ0n) is 12.2. The van der Waals surface area contributed by atoms with E-state index in [0.717, 1.165) is 11.3 Å². The molecule has 0 fully saturated rings. The van der Waals surface area contributed by atoms with Gasteiger partial charge in [0.1, 0.15) is 0 Å². The molecule has 1 aromatic carbocycles. The monoisotopic (exact) mass is 274 g/mol. The number of carbonyl (C=O) groups excluding carboxylic acids is 1. The van der Waals surface area contributed by atoms with Crippen LogP contribution in [-0.2, 0) is 12.8 Å². The van der Waals surface area contributed by atoms with Crippen LogP contribution >= 0.6 is 11.3 Å². The van der Waals surface area contributed by atoms with E-state index in [-0.39, 0.29) is 5.78 Å². The first-order valence-electron chi connectivity index (χ1n) is 7.01. The molecule has 0 N–H and O–H groups in total. The van der Waals surface area contributed by atoms with Gasteiger partial charge in [0.15, 0.2) is 5.78 Å². The molecule has 0 bridgehead atoms. The van der Waals surface area contributed by atoms with Crippen LogP contribution in [0.5, 0.6) is 0 Å². The summed E-state index contributed by atoms with van der Waals surface area (Å²) >= 11 is 1.57. The molecule has 0 saturated heterocycles. The van der Waals surface area contributed by atoms with Gasteiger partial charge in [-0.3, -0.25) is 4.79 Å². The topological polar surface area (TPSA) is 17.1 Å². The van der Waals surface area contributed by atoms with Crippen LogP contribution in [0.2, 0.25) is 0 Å². The van der Waals surface area contributed by atoms with Gasteiger partial charge in [0.2, 0.25) is 0 Å². The Bertz CT molecular complexity index is 526. The van der Waals surface area contributed by atoms with Gasteiger partial charge in [0, 0.05) is 6.42 Å². The van der Waals surface area contributed by atoms with E-state index in [1.807, 2.05) is 45.2 Å². The van der Waals surface area contributed by atoms with Crippen molar-refractivity contribution in [2.24, 2.45) is 0 Å². The average molecular weight is 274 g/mol. The highest BCUT2D eigenvalue weighted by Gasteiger charge is 2.19. The normalized spacial score (nSPS) is 11.9. The fourth-order valence-corrected chi connectivity index (χ4v) is 2.94. The highest BCUT2D eigenvalue weighted by atomic mass is 32.1. The quantitative estimate of drug-likeness (QED) is 0.651. The van der Waals surface area contributed by atoms with Crippen molar-refractivity contribution in [2.45, 2.75) is 40.5 Å². The van der Waals surface area contributed by atoms with Gasteiger partial charge in [-0.1, -0.05) is 52.0 Å². The number of ketones is 1. The van der Waals surface area contributed by atoms with Gasteiger partial charge >= 0.3 is 0 Å². The van der Waals surface area contributed by atoms with Crippen LogP contribution in [0.15, 0.2) is 35.7 Å². The fraction of sp³-hybridized carbons (Fsp3) is 0.353. The maximum Gasteiger partial charge on any atom is 0.177 e. The first-order chi connectivity index (χ1) is 9.34. The van der Waals surface area contributed by atoms with Crippen molar-refractivity contribution in [2.75, 3.05) is 0 Å². The number of fused-ring (bicyclic) bond motifs is 2. The third-order valence-corrected chi connectivity index (χ3v) is 3.85. The highest BCUT2D eigenvalue weighted by Crippen LogP contribution is 2.27. The molecule has 0 saturated carbocycles. The number of hydrogen-bond donors (Lipinski definition) is 0. The largest absolute Gasteiger partial charge is 0.293 e. The van der Waals surface area contributed by atoms with Crippen molar-refractivity contribution in [1.29, 1.82) is 0 Å². The molecule has 2 heteroatoms. The van der Waals surface area contributed by atoms with Crippen LogP contribution in [0.1, 0.15) is 54.1 Å². The summed E-state index contributed by atoms with van der Waals surface area (Å²) in [6.07, 6.45) is 1.46. The molecule has 0 unspecified atom stereocenters. The fourth-order valence-electron chi connectivity index (χ4n) is 2.08. The molecule has 2 aromatic rings. The number of hydrogen-bond acceptors (Lipinski definition) is 2. The van der Waals surface area contributed by atoms with Crippen molar-refractivity contribution in [3.05, 3.63) is 57.3 Å². The minimum atomic E-state index is 0.268. The maximum atomic E-state index is 11.9. The van der Waals surface area contributed by atoms with Crippen LogP contribution in [0, 0.1) is 0 Å². The Labute approximate surface area is 120 Å². The summed E-state index contributed by atoms with van der Waals surface area (Å²) in [5.74, 6) is 0.268. The van der Waals surface area contributed by atoms with Crippen molar-refractivity contribution in [3.8, 4) is 0 Å². The standard InChI is InChI=1S/C13H10OS.2C2H6/c14-12-8-10-4-2-1-3-9(10)7-11-5-6-15-13(11)12;2*1-2/h1-6H,7-8H2;2*1-2H3. The Kier molecular flexibility index (Phi) is 6.51. The molecule has 0 atom stereocenters. The van der Waals surface area contributed by atoms with Gasteiger partial charge in [0.05, 0.1) is 4.88 Å². The van der Waals surface area contributed by atoms with Crippen molar-refractivity contribution < 1.29 is 4.79 Å². The Balaban J connectivity index is 0.000000415. The van der Waals surface area contributed by atoms with Crippen LogP contribution in [0.25, 0.3) is 0 Å². The van der Waals surface area contributed by atoms with E-state index in [2.05, 4.69) is 18.2 Å². The second kappa shape index (κ2) is 7.90. The Morgan fingerprint density at radius 2 is 1.42 bits per heavy atom. The summed E-state index contributed by atoms with van der Waals surface area (Å²) in [7, 11) is 0. The van der Waals surface area contributed by atoms with Crippen molar-refractivity contribution >= 4 is 17.1 Å². The van der Waals surface area contributed by atoms with Gasteiger partial charge in [-0.25, -0.2) is 0 Å². The first-order valence-corrected chi connectivity index (χ1v) is 7.89. The van der Waals surface area contributed by atoms with E-state index in [1.165, 1.54) is 16.7 Å². The number of Topliss-reactive ketones (excluding diaryl/α,β-unsaturated/α-hetero) is 1. The lowest BCUT2D eigenvalue weighted by Gasteiger charge is -2.02. The van der Waals surface area contributed by atoms with Crippen LogP contribution < -0.4 is 0 Å². The molecule has 1 aliphatic rings. The number of rotatable bonds is 0. The number of thiophene rings is 1. The number of benzene rings is 1. The molecule has 0 aliphatic heterocycles. The zero-order chi connectivity index (χ0) is 14.3. The Morgan fingerprint density at radius 1 is 0.842 bits per heavy atom.